The summed E-state index contributed by atoms with van der Waals surface area (Å²) >= 11 is 0. The number of halogens is 2. The van der Waals surface area contributed by atoms with Crippen molar-refractivity contribution in [2.75, 3.05) is 13.2 Å². The summed E-state index contributed by atoms with van der Waals surface area (Å²) < 4.78 is 31.4. The molecule has 1 spiro atoms. The van der Waals surface area contributed by atoms with Gasteiger partial charge in [-0.15, -0.1) is 0 Å². The van der Waals surface area contributed by atoms with Crippen LogP contribution < -0.4 is 10.6 Å². The summed E-state index contributed by atoms with van der Waals surface area (Å²) in [5, 5.41) is 5.82. The third-order valence-corrected chi connectivity index (χ3v) is 5.04. The zero-order valence-electron chi connectivity index (χ0n) is 11.6. The van der Waals surface area contributed by atoms with Crippen LogP contribution in [-0.4, -0.2) is 37.3 Å². The zero-order chi connectivity index (χ0) is 14.2. The number of amides is 2. The van der Waals surface area contributed by atoms with Gasteiger partial charge in [-0.25, -0.2) is 13.6 Å². The molecule has 114 valence electrons. The Morgan fingerprint density at radius 3 is 2.35 bits per heavy atom. The van der Waals surface area contributed by atoms with Crippen molar-refractivity contribution in [1.29, 1.82) is 0 Å². The van der Waals surface area contributed by atoms with Crippen molar-refractivity contribution in [3.63, 3.8) is 0 Å². The SMILES string of the molecule is O=C(NC1CCC(F)(F)CC1)NC1CC12CCOCC2. The van der Waals surface area contributed by atoms with E-state index in [-0.39, 0.29) is 36.4 Å². The normalized spacial score (nSPS) is 31.8. The highest BCUT2D eigenvalue weighted by Gasteiger charge is 2.55. The summed E-state index contributed by atoms with van der Waals surface area (Å²) in [6.45, 7) is 1.55. The van der Waals surface area contributed by atoms with Crippen LogP contribution in [0.15, 0.2) is 0 Å². The second-order valence-corrected chi connectivity index (χ2v) is 6.48. The number of ether oxygens (including phenoxy) is 1. The van der Waals surface area contributed by atoms with Crippen LogP contribution >= 0.6 is 0 Å². The highest BCUT2D eigenvalue weighted by molar-refractivity contribution is 5.75. The Hall–Kier alpha value is -0.910. The number of hydrogen-bond donors (Lipinski definition) is 2. The summed E-state index contributed by atoms with van der Waals surface area (Å²) in [6.07, 6.45) is 3.52. The number of nitrogens with one attached hydrogen (secondary N) is 2. The molecule has 0 aromatic heterocycles. The van der Waals surface area contributed by atoms with Crippen LogP contribution in [0, 0.1) is 5.41 Å². The van der Waals surface area contributed by atoms with Crippen LogP contribution in [-0.2, 0) is 4.74 Å². The average Bonchev–Trinajstić information content (AvgIpc) is 3.04. The third-order valence-electron chi connectivity index (χ3n) is 5.04. The van der Waals surface area contributed by atoms with Gasteiger partial charge in [-0.3, -0.25) is 0 Å². The lowest BCUT2D eigenvalue weighted by atomic mass is 9.92. The van der Waals surface area contributed by atoms with Crippen LogP contribution in [0.5, 0.6) is 0 Å². The summed E-state index contributed by atoms with van der Waals surface area (Å²) in [6, 6.07) is -0.0796. The summed E-state index contributed by atoms with van der Waals surface area (Å²) in [4.78, 5) is 11.9. The molecule has 2 amide bonds. The van der Waals surface area contributed by atoms with Gasteiger partial charge in [-0.1, -0.05) is 0 Å². The Morgan fingerprint density at radius 2 is 1.70 bits per heavy atom. The van der Waals surface area contributed by atoms with Crippen molar-refractivity contribution in [2.45, 2.75) is 63.0 Å². The van der Waals surface area contributed by atoms with E-state index in [0.29, 0.717) is 12.8 Å². The first-order valence-corrected chi connectivity index (χ1v) is 7.52. The molecule has 1 aliphatic heterocycles. The highest BCUT2D eigenvalue weighted by Crippen LogP contribution is 2.53. The molecule has 0 radical (unpaired) electrons. The predicted molar refractivity (Wildman–Crippen MR) is 69.8 cm³/mol. The molecule has 2 saturated carbocycles. The van der Waals surface area contributed by atoms with Gasteiger partial charge in [-0.2, -0.15) is 0 Å². The van der Waals surface area contributed by atoms with Gasteiger partial charge in [0.2, 0.25) is 5.92 Å². The molecule has 1 heterocycles. The van der Waals surface area contributed by atoms with E-state index in [1.165, 1.54) is 0 Å². The number of alkyl halides is 2. The van der Waals surface area contributed by atoms with E-state index in [4.69, 9.17) is 4.74 Å². The van der Waals surface area contributed by atoms with Crippen LogP contribution in [0.3, 0.4) is 0 Å². The molecule has 6 heteroatoms. The van der Waals surface area contributed by atoms with Crippen molar-refractivity contribution >= 4 is 6.03 Å². The van der Waals surface area contributed by atoms with Crippen molar-refractivity contribution in [1.82, 2.24) is 10.6 Å². The first-order chi connectivity index (χ1) is 9.49. The second-order valence-electron chi connectivity index (χ2n) is 6.48. The van der Waals surface area contributed by atoms with Crippen LogP contribution in [0.2, 0.25) is 0 Å². The average molecular weight is 288 g/mol. The largest absolute Gasteiger partial charge is 0.381 e. The molecule has 3 fully saturated rings. The molecule has 0 bridgehead atoms. The molecule has 0 aromatic carbocycles. The maximum absolute atomic E-state index is 13.0. The fourth-order valence-corrected chi connectivity index (χ4v) is 3.45. The van der Waals surface area contributed by atoms with Gasteiger partial charge in [0, 0.05) is 38.1 Å². The monoisotopic (exact) mass is 288 g/mol. The minimum absolute atomic E-state index is 0.112. The number of hydrogen-bond acceptors (Lipinski definition) is 2. The molecule has 3 rings (SSSR count). The maximum Gasteiger partial charge on any atom is 0.315 e. The van der Waals surface area contributed by atoms with E-state index in [2.05, 4.69) is 10.6 Å². The quantitative estimate of drug-likeness (QED) is 0.820. The summed E-state index contributed by atoms with van der Waals surface area (Å²) in [7, 11) is 0. The molecule has 1 saturated heterocycles. The molecule has 2 aliphatic carbocycles. The van der Waals surface area contributed by atoms with E-state index < -0.39 is 5.92 Å². The predicted octanol–water partition coefficient (Wildman–Crippen LogP) is 2.43. The topological polar surface area (TPSA) is 50.4 Å². The number of carbonyl (C=O) groups is 1. The van der Waals surface area contributed by atoms with Crippen LogP contribution in [0.4, 0.5) is 13.6 Å². The van der Waals surface area contributed by atoms with E-state index in [1.807, 2.05) is 0 Å². The van der Waals surface area contributed by atoms with E-state index in [1.54, 1.807) is 0 Å². The van der Waals surface area contributed by atoms with Crippen molar-refractivity contribution in [2.24, 2.45) is 5.41 Å². The Kier molecular flexibility index (Phi) is 3.60. The lowest BCUT2D eigenvalue weighted by Gasteiger charge is -2.29. The first-order valence-electron chi connectivity index (χ1n) is 7.52. The number of carbonyl (C=O) groups excluding carboxylic acids is 1. The van der Waals surface area contributed by atoms with Crippen LogP contribution in [0.1, 0.15) is 44.9 Å². The Bertz CT molecular complexity index is 373. The van der Waals surface area contributed by atoms with Gasteiger partial charge in [-0.05, 0) is 37.5 Å². The number of rotatable bonds is 2. The smallest absolute Gasteiger partial charge is 0.315 e. The lowest BCUT2D eigenvalue weighted by molar-refractivity contribution is -0.0395. The fourth-order valence-electron chi connectivity index (χ4n) is 3.45. The first kappa shape index (κ1) is 14.0. The van der Waals surface area contributed by atoms with Gasteiger partial charge in [0.25, 0.3) is 0 Å². The zero-order valence-corrected chi connectivity index (χ0v) is 11.6. The number of urea groups is 1. The van der Waals surface area contributed by atoms with Gasteiger partial charge in [0.15, 0.2) is 0 Å². The second kappa shape index (κ2) is 5.13. The van der Waals surface area contributed by atoms with E-state index >= 15 is 0 Å². The Labute approximate surface area is 117 Å². The molecule has 4 nitrogen and oxygen atoms in total. The lowest BCUT2D eigenvalue weighted by Crippen LogP contribution is -2.46. The summed E-state index contributed by atoms with van der Waals surface area (Å²) in [5.74, 6) is -2.54. The Morgan fingerprint density at radius 1 is 1.05 bits per heavy atom. The Balaban J connectivity index is 1.40. The van der Waals surface area contributed by atoms with Gasteiger partial charge >= 0.3 is 6.03 Å². The molecular formula is C14H22F2N2O2. The molecule has 0 aromatic rings. The highest BCUT2D eigenvalue weighted by atomic mass is 19.3. The summed E-state index contributed by atoms with van der Waals surface area (Å²) in [5.41, 5.74) is 0.245. The standard InChI is InChI=1S/C14H22F2N2O2/c15-14(16)3-1-10(2-4-14)17-12(19)18-11-9-13(11)5-7-20-8-6-13/h10-11H,1-9H2,(H2,17,18,19). The van der Waals surface area contributed by atoms with Gasteiger partial charge in [0.05, 0.1) is 0 Å². The van der Waals surface area contributed by atoms with Gasteiger partial charge in [0.1, 0.15) is 0 Å². The van der Waals surface area contributed by atoms with Crippen molar-refractivity contribution in [3.8, 4) is 0 Å². The maximum atomic E-state index is 13.0. The van der Waals surface area contributed by atoms with E-state index in [9.17, 15) is 13.6 Å². The van der Waals surface area contributed by atoms with Crippen molar-refractivity contribution in [3.05, 3.63) is 0 Å². The minimum Gasteiger partial charge on any atom is -0.381 e. The minimum atomic E-state index is -2.54. The molecule has 3 aliphatic rings. The van der Waals surface area contributed by atoms with Crippen LogP contribution in [0.25, 0.3) is 0 Å². The molecule has 20 heavy (non-hydrogen) atoms. The molecule has 1 atom stereocenters. The molecular weight excluding hydrogens is 266 g/mol. The fraction of sp³-hybridized carbons (Fsp3) is 0.929. The molecule has 2 N–H and O–H groups in total. The third kappa shape index (κ3) is 3.05. The van der Waals surface area contributed by atoms with Gasteiger partial charge < -0.3 is 15.4 Å². The van der Waals surface area contributed by atoms with E-state index in [0.717, 1.165) is 32.5 Å². The molecule has 1 unspecified atom stereocenters. The van der Waals surface area contributed by atoms with Crippen molar-refractivity contribution < 1.29 is 18.3 Å².